The molecule has 1 aromatic carbocycles. The van der Waals surface area contributed by atoms with Crippen LogP contribution in [0.25, 0.3) is 16.8 Å². The Kier molecular flexibility index (Phi) is 5.40. The molecule has 148 valence electrons. The van der Waals surface area contributed by atoms with Crippen LogP contribution >= 0.6 is 11.3 Å². The molecule has 0 amide bonds. The molecular formula is C22H27N3O2S. The summed E-state index contributed by atoms with van der Waals surface area (Å²) in [6, 6.07) is 7.63. The maximum absolute atomic E-state index is 10.8. The summed E-state index contributed by atoms with van der Waals surface area (Å²) >= 11 is 1.48. The zero-order chi connectivity index (χ0) is 19.7. The molecule has 1 unspecified atom stereocenters. The average Bonchev–Trinajstić information content (AvgIpc) is 3.28. The fourth-order valence-electron chi connectivity index (χ4n) is 4.23. The molecule has 1 aliphatic heterocycles. The second kappa shape index (κ2) is 7.95. The van der Waals surface area contributed by atoms with Crippen molar-refractivity contribution in [3.05, 3.63) is 40.4 Å². The van der Waals surface area contributed by atoms with Crippen LogP contribution in [0, 0.1) is 11.3 Å². The van der Waals surface area contributed by atoms with Gasteiger partial charge in [-0.05, 0) is 37.8 Å². The third-order valence-electron chi connectivity index (χ3n) is 5.91. The van der Waals surface area contributed by atoms with E-state index in [1.54, 1.807) is 7.11 Å². The zero-order valence-corrected chi connectivity index (χ0v) is 17.3. The summed E-state index contributed by atoms with van der Waals surface area (Å²) in [5, 5.41) is 22.2. The highest BCUT2D eigenvalue weighted by molar-refractivity contribution is 7.11. The van der Waals surface area contributed by atoms with Crippen LogP contribution in [-0.2, 0) is 0 Å². The number of thiazole rings is 1. The van der Waals surface area contributed by atoms with Crippen LogP contribution in [0.5, 0.6) is 5.75 Å². The van der Waals surface area contributed by atoms with Gasteiger partial charge in [-0.2, -0.15) is 0 Å². The Morgan fingerprint density at radius 3 is 2.82 bits per heavy atom. The van der Waals surface area contributed by atoms with Gasteiger partial charge in [0.05, 0.1) is 24.4 Å². The molecule has 5 nitrogen and oxygen atoms in total. The van der Waals surface area contributed by atoms with E-state index in [-0.39, 0.29) is 11.8 Å². The van der Waals surface area contributed by atoms with Crippen LogP contribution in [0.4, 0.5) is 0 Å². The van der Waals surface area contributed by atoms with E-state index in [2.05, 4.69) is 0 Å². The minimum absolute atomic E-state index is 0.159. The molecule has 2 heterocycles. The molecule has 4 rings (SSSR count). The largest absolute Gasteiger partial charge is 0.509 e. The van der Waals surface area contributed by atoms with Gasteiger partial charge in [0.25, 0.3) is 0 Å². The highest BCUT2D eigenvalue weighted by atomic mass is 32.1. The standard InChI is InChI=1S/C22H27N3O2S/c1-14-20(26)19(21(23)25(14)12-15-7-4-3-5-8-15)22-24-18(13-28-22)16-9-6-10-17(11-16)27-2/h6,9-11,13-15,23,26H,3-5,7-8,12H2,1-2H3. The van der Waals surface area contributed by atoms with Gasteiger partial charge in [-0.15, -0.1) is 11.3 Å². The van der Waals surface area contributed by atoms with Crippen molar-refractivity contribution in [2.75, 3.05) is 13.7 Å². The van der Waals surface area contributed by atoms with Crippen LogP contribution in [0.3, 0.4) is 0 Å². The maximum atomic E-state index is 10.8. The van der Waals surface area contributed by atoms with Crippen molar-refractivity contribution >= 4 is 22.7 Å². The van der Waals surface area contributed by atoms with Crippen LogP contribution in [0.15, 0.2) is 35.4 Å². The van der Waals surface area contributed by atoms with Crippen molar-refractivity contribution in [2.45, 2.75) is 45.1 Å². The number of hydrogen-bond donors (Lipinski definition) is 2. The topological polar surface area (TPSA) is 69.4 Å². The minimum atomic E-state index is -0.159. The smallest absolute Gasteiger partial charge is 0.135 e. The molecule has 1 aromatic heterocycles. The number of aliphatic hydroxyl groups excluding tert-OH is 1. The molecular weight excluding hydrogens is 370 g/mol. The van der Waals surface area contributed by atoms with Gasteiger partial charge in [-0.3, -0.25) is 5.41 Å². The van der Waals surface area contributed by atoms with E-state index >= 15 is 0 Å². The van der Waals surface area contributed by atoms with Crippen molar-refractivity contribution in [2.24, 2.45) is 5.92 Å². The lowest BCUT2D eigenvalue weighted by atomic mass is 9.89. The number of nitrogens with zero attached hydrogens (tertiary/aromatic N) is 2. The first-order chi connectivity index (χ1) is 13.6. The number of aliphatic hydroxyl groups is 1. The van der Waals surface area contributed by atoms with Crippen LogP contribution in [0.1, 0.15) is 44.0 Å². The van der Waals surface area contributed by atoms with Crippen molar-refractivity contribution in [1.82, 2.24) is 9.88 Å². The number of hydrogen-bond acceptors (Lipinski definition) is 5. The fraction of sp³-hybridized carbons (Fsp3) is 0.455. The Hall–Kier alpha value is -2.34. The highest BCUT2D eigenvalue weighted by Gasteiger charge is 2.37. The van der Waals surface area contributed by atoms with Crippen molar-refractivity contribution in [3.8, 4) is 17.0 Å². The average molecular weight is 398 g/mol. The van der Waals surface area contributed by atoms with Gasteiger partial charge in [0.15, 0.2) is 0 Å². The van der Waals surface area contributed by atoms with Gasteiger partial charge in [-0.25, -0.2) is 4.98 Å². The van der Waals surface area contributed by atoms with E-state index in [0.717, 1.165) is 23.6 Å². The first kappa shape index (κ1) is 19.0. The molecule has 1 fully saturated rings. The number of nitrogens with one attached hydrogen (secondary N) is 1. The molecule has 0 radical (unpaired) electrons. The fourth-order valence-corrected chi connectivity index (χ4v) is 5.11. The molecule has 1 aliphatic carbocycles. The lowest BCUT2D eigenvalue weighted by Gasteiger charge is -2.31. The van der Waals surface area contributed by atoms with Crippen molar-refractivity contribution in [1.29, 1.82) is 5.41 Å². The summed E-state index contributed by atoms with van der Waals surface area (Å²) in [6.07, 6.45) is 6.34. The van der Waals surface area contributed by atoms with Gasteiger partial charge >= 0.3 is 0 Å². The third-order valence-corrected chi connectivity index (χ3v) is 6.77. The molecule has 2 aliphatic rings. The Labute approximate surface area is 170 Å². The Balaban J connectivity index is 1.56. The number of amidine groups is 1. The van der Waals surface area contributed by atoms with E-state index in [0.29, 0.717) is 22.3 Å². The van der Waals surface area contributed by atoms with Gasteiger partial charge in [0.2, 0.25) is 0 Å². The second-order valence-corrected chi connectivity index (χ2v) is 8.57. The van der Waals surface area contributed by atoms with Gasteiger partial charge in [0, 0.05) is 17.5 Å². The summed E-state index contributed by atoms with van der Waals surface area (Å²) in [4.78, 5) is 6.78. The van der Waals surface area contributed by atoms with Gasteiger partial charge in [0.1, 0.15) is 22.4 Å². The van der Waals surface area contributed by atoms with E-state index in [9.17, 15) is 5.11 Å². The van der Waals surface area contributed by atoms with Crippen molar-refractivity contribution < 1.29 is 9.84 Å². The van der Waals surface area contributed by atoms with Crippen LogP contribution in [0.2, 0.25) is 0 Å². The zero-order valence-electron chi connectivity index (χ0n) is 16.4. The van der Waals surface area contributed by atoms with Crippen LogP contribution < -0.4 is 4.74 Å². The predicted octanol–water partition coefficient (Wildman–Crippen LogP) is 5.35. The number of benzene rings is 1. The summed E-state index contributed by atoms with van der Waals surface area (Å²) in [7, 11) is 1.65. The minimum Gasteiger partial charge on any atom is -0.509 e. The van der Waals surface area contributed by atoms with Crippen molar-refractivity contribution in [3.63, 3.8) is 0 Å². The number of ether oxygens (including phenoxy) is 1. The van der Waals surface area contributed by atoms with Gasteiger partial charge in [-0.1, -0.05) is 31.4 Å². The molecule has 1 saturated carbocycles. The normalized spacial score (nSPS) is 20.9. The lowest BCUT2D eigenvalue weighted by molar-refractivity contribution is 0.228. The van der Waals surface area contributed by atoms with Gasteiger partial charge < -0.3 is 14.7 Å². The maximum Gasteiger partial charge on any atom is 0.135 e. The molecule has 28 heavy (non-hydrogen) atoms. The lowest BCUT2D eigenvalue weighted by Crippen LogP contribution is -2.38. The van der Waals surface area contributed by atoms with Crippen LogP contribution in [-0.4, -0.2) is 40.5 Å². The summed E-state index contributed by atoms with van der Waals surface area (Å²) in [5.41, 5.74) is 2.39. The molecule has 2 aromatic rings. The van der Waals surface area contributed by atoms with E-state index in [4.69, 9.17) is 15.1 Å². The summed E-state index contributed by atoms with van der Waals surface area (Å²) in [5.74, 6) is 2.08. The van der Waals surface area contributed by atoms with E-state index < -0.39 is 0 Å². The molecule has 0 bridgehead atoms. The highest BCUT2D eigenvalue weighted by Crippen LogP contribution is 2.37. The number of methoxy groups -OCH3 is 1. The molecule has 2 N–H and O–H groups in total. The monoisotopic (exact) mass is 397 g/mol. The quantitative estimate of drug-likeness (QED) is 0.713. The molecule has 6 heteroatoms. The Bertz CT molecular complexity index is 899. The molecule has 0 saturated heterocycles. The second-order valence-electron chi connectivity index (χ2n) is 7.71. The summed E-state index contributed by atoms with van der Waals surface area (Å²) in [6.45, 7) is 2.83. The Morgan fingerprint density at radius 2 is 2.07 bits per heavy atom. The first-order valence-corrected chi connectivity index (χ1v) is 10.9. The SMILES string of the molecule is COc1cccc(-c2csc(C3=C(O)C(C)N(CC4CCCCC4)C3=N)n2)c1. The number of rotatable bonds is 5. The molecule has 1 atom stereocenters. The number of aromatic nitrogens is 1. The summed E-state index contributed by atoms with van der Waals surface area (Å²) < 4.78 is 5.30. The predicted molar refractivity (Wildman–Crippen MR) is 114 cm³/mol. The van der Waals surface area contributed by atoms with E-state index in [1.165, 1.54) is 43.4 Å². The first-order valence-electron chi connectivity index (χ1n) is 9.97. The van der Waals surface area contributed by atoms with E-state index in [1.807, 2.05) is 41.5 Å². The Morgan fingerprint density at radius 1 is 1.29 bits per heavy atom. The molecule has 0 spiro atoms. The third kappa shape index (κ3) is 3.53.